The van der Waals surface area contributed by atoms with Crippen LogP contribution in [0.4, 0.5) is 0 Å². The molecule has 8 nitrogen and oxygen atoms in total. The van der Waals surface area contributed by atoms with E-state index in [0.717, 1.165) is 11.3 Å². The molecule has 38 heavy (non-hydrogen) atoms. The van der Waals surface area contributed by atoms with E-state index in [4.69, 9.17) is 18.6 Å². The minimum absolute atomic E-state index is 0.0687. The summed E-state index contributed by atoms with van der Waals surface area (Å²) in [6.07, 6.45) is 0.571. The van der Waals surface area contributed by atoms with Crippen molar-refractivity contribution in [2.24, 2.45) is 0 Å². The van der Waals surface area contributed by atoms with E-state index in [1.54, 1.807) is 20.1 Å². The SMILES string of the molecule is COc1ccc(CCOc2ccccc2[C@@H]2CC(=O)Oc3c(C(C)=O)c(O)c4c(C)cc(=O)oc4c32)cc1. The summed E-state index contributed by atoms with van der Waals surface area (Å²) in [6.45, 7) is 3.30. The number of phenols is 1. The summed E-state index contributed by atoms with van der Waals surface area (Å²) in [7, 11) is 1.62. The number of aryl methyl sites for hydroxylation is 1. The van der Waals surface area contributed by atoms with Crippen LogP contribution in [0.25, 0.3) is 11.0 Å². The van der Waals surface area contributed by atoms with Gasteiger partial charge in [0, 0.05) is 29.5 Å². The lowest BCUT2D eigenvalue weighted by Crippen LogP contribution is -2.24. The van der Waals surface area contributed by atoms with Gasteiger partial charge in [0.2, 0.25) is 0 Å². The van der Waals surface area contributed by atoms with Crippen molar-refractivity contribution in [3.8, 4) is 23.0 Å². The van der Waals surface area contributed by atoms with Gasteiger partial charge in [-0.1, -0.05) is 30.3 Å². The fraction of sp³-hybridized carbons (Fsp3) is 0.233. The van der Waals surface area contributed by atoms with Crippen molar-refractivity contribution in [3.05, 3.63) is 92.8 Å². The highest BCUT2D eigenvalue weighted by Gasteiger charge is 2.38. The second-order valence-electron chi connectivity index (χ2n) is 9.19. The van der Waals surface area contributed by atoms with Gasteiger partial charge >= 0.3 is 11.6 Å². The Bertz CT molecular complexity index is 1610. The fourth-order valence-corrected chi connectivity index (χ4v) is 4.97. The molecule has 5 rings (SSSR count). The Morgan fingerprint density at radius 3 is 2.55 bits per heavy atom. The van der Waals surface area contributed by atoms with Gasteiger partial charge in [-0.25, -0.2) is 4.79 Å². The van der Waals surface area contributed by atoms with Crippen LogP contribution in [0.5, 0.6) is 23.0 Å². The number of fused-ring (bicyclic) bond motifs is 3. The minimum Gasteiger partial charge on any atom is -0.506 e. The van der Waals surface area contributed by atoms with E-state index in [1.165, 1.54) is 13.0 Å². The number of aromatic hydroxyl groups is 1. The molecule has 1 aliphatic heterocycles. The molecule has 194 valence electrons. The van der Waals surface area contributed by atoms with Crippen LogP contribution in [0.3, 0.4) is 0 Å². The molecule has 0 unspecified atom stereocenters. The Hall–Kier alpha value is -4.59. The van der Waals surface area contributed by atoms with Crippen LogP contribution in [0, 0.1) is 6.92 Å². The van der Waals surface area contributed by atoms with Gasteiger partial charge < -0.3 is 23.7 Å². The summed E-state index contributed by atoms with van der Waals surface area (Å²) in [5.74, 6) is -0.860. The number of ether oxygens (including phenoxy) is 3. The van der Waals surface area contributed by atoms with Crippen molar-refractivity contribution in [2.45, 2.75) is 32.6 Å². The number of esters is 1. The van der Waals surface area contributed by atoms with Gasteiger partial charge in [-0.2, -0.15) is 0 Å². The fourth-order valence-electron chi connectivity index (χ4n) is 4.97. The lowest BCUT2D eigenvalue weighted by atomic mass is 9.82. The second-order valence-corrected chi connectivity index (χ2v) is 9.19. The average molecular weight is 515 g/mol. The molecule has 4 aromatic rings. The summed E-state index contributed by atoms with van der Waals surface area (Å²) in [4.78, 5) is 37.7. The first-order valence-corrected chi connectivity index (χ1v) is 12.2. The summed E-state index contributed by atoms with van der Waals surface area (Å²) < 4.78 is 22.5. The zero-order chi connectivity index (χ0) is 27.0. The topological polar surface area (TPSA) is 112 Å². The zero-order valence-electron chi connectivity index (χ0n) is 21.2. The van der Waals surface area contributed by atoms with Crippen molar-refractivity contribution in [1.82, 2.24) is 0 Å². The largest absolute Gasteiger partial charge is 0.506 e. The van der Waals surface area contributed by atoms with E-state index in [1.807, 2.05) is 42.5 Å². The summed E-state index contributed by atoms with van der Waals surface area (Å²) >= 11 is 0. The Balaban J connectivity index is 1.60. The van der Waals surface area contributed by atoms with Gasteiger partial charge in [0.05, 0.1) is 25.5 Å². The first-order chi connectivity index (χ1) is 18.3. The quantitative estimate of drug-likeness (QED) is 0.157. The summed E-state index contributed by atoms with van der Waals surface area (Å²) in [5.41, 5.74) is 1.88. The zero-order valence-corrected chi connectivity index (χ0v) is 21.2. The van der Waals surface area contributed by atoms with Crippen molar-refractivity contribution >= 4 is 22.7 Å². The van der Waals surface area contributed by atoms with Gasteiger partial charge in [-0.3, -0.25) is 9.59 Å². The van der Waals surface area contributed by atoms with E-state index < -0.39 is 23.3 Å². The molecule has 1 atom stereocenters. The molecule has 0 saturated carbocycles. The van der Waals surface area contributed by atoms with Gasteiger partial charge in [0.25, 0.3) is 0 Å². The molecule has 1 aromatic heterocycles. The molecule has 8 heteroatoms. The molecule has 3 aromatic carbocycles. The maximum Gasteiger partial charge on any atom is 0.336 e. The van der Waals surface area contributed by atoms with E-state index in [-0.39, 0.29) is 34.5 Å². The number of rotatable bonds is 7. The molecule has 0 radical (unpaired) electrons. The number of hydrogen-bond acceptors (Lipinski definition) is 8. The third-order valence-corrected chi connectivity index (χ3v) is 6.74. The van der Waals surface area contributed by atoms with Crippen LogP contribution in [0.1, 0.15) is 51.9 Å². The molecule has 0 amide bonds. The van der Waals surface area contributed by atoms with Crippen LogP contribution in [-0.2, 0) is 11.2 Å². The van der Waals surface area contributed by atoms with Crippen LogP contribution in [0.15, 0.2) is 63.8 Å². The van der Waals surface area contributed by atoms with Gasteiger partial charge in [0.15, 0.2) is 11.5 Å². The standard InChI is InChI=1S/C30H26O8/c1-16-14-23(32)37-29-25(16)28(34)26(17(2)31)30-27(29)21(15-24(33)38-30)20-6-4-5-7-22(20)36-13-12-18-8-10-19(35-3)11-9-18/h4-11,14,21,34H,12-13,15H2,1-3H3/t21-/m0/s1. The summed E-state index contributed by atoms with van der Waals surface area (Å²) in [6, 6.07) is 16.2. The van der Waals surface area contributed by atoms with Crippen molar-refractivity contribution in [2.75, 3.05) is 13.7 Å². The Morgan fingerprint density at radius 1 is 1.11 bits per heavy atom. The number of para-hydroxylation sites is 1. The number of carbonyl (C=O) groups is 2. The molecule has 0 fully saturated rings. The predicted molar refractivity (Wildman–Crippen MR) is 140 cm³/mol. The molecule has 0 spiro atoms. The third-order valence-electron chi connectivity index (χ3n) is 6.74. The van der Waals surface area contributed by atoms with E-state index in [0.29, 0.717) is 35.5 Å². The molecular weight excluding hydrogens is 488 g/mol. The number of hydrogen-bond donors (Lipinski definition) is 1. The average Bonchev–Trinajstić information content (AvgIpc) is 2.88. The molecule has 0 saturated heterocycles. The number of methoxy groups -OCH3 is 1. The highest BCUT2D eigenvalue weighted by atomic mass is 16.5. The number of phenolic OH excluding ortho intramolecular Hbond substituents is 1. The van der Waals surface area contributed by atoms with Crippen molar-refractivity contribution < 1.29 is 33.3 Å². The monoisotopic (exact) mass is 514 g/mol. The second kappa shape index (κ2) is 10.0. The van der Waals surface area contributed by atoms with Gasteiger partial charge in [0.1, 0.15) is 28.4 Å². The predicted octanol–water partition coefficient (Wildman–Crippen LogP) is 5.08. The van der Waals surface area contributed by atoms with Crippen LogP contribution < -0.4 is 19.8 Å². The lowest BCUT2D eigenvalue weighted by Gasteiger charge is -2.28. The molecule has 0 aliphatic carbocycles. The number of ketones is 1. The third kappa shape index (κ3) is 4.49. The molecule has 1 N–H and O–H groups in total. The first kappa shape index (κ1) is 25.1. The lowest BCUT2D eigenvalue weighted by molar-refractivity contribution is -0.135. The molecule has 1 aliphatic rings. The Labute approximate surface area is 218 Å². The molecule has 0 bridgehead atoms. The van der Waals surface area contributed by atoms with Crippen molar-refractivity contribution in [1.29, 1.82) is 0 Å². The molecule has 2 heterocycles. The smallest absolute Gasteiger partial charge is 0.336 e. The first-order valence-electron chi connectivity index (χ1n) is 12.2. The number of carbonyl (C=O) groups excluding carboxylic acids is 2. The normalized spacial score (nSPS) is 14.6. The van der Waals surface area contributed by atoms with Gasteiger partial charge in [-0.15, -0.1) is 0 Å². The van der Waals surface area contributed by atoms with Crippen LogP contribution in [-0.4, -0.2) is 30.6 Å². The molecular formula is C30H26O8. The maximum absolute atomic E-state index is 12.8. The van der Waals surface area contributed by atoms with E-state index in [9.17, 15) is 19.5 Å². The van der Waals surface area contributed by atoms with E-state index in [2.05, 4.69) is 0 Å². The number of Topliss-reactive ketones (excluding diaryl/α,β-unsaturated/α-hetero) is 1. The summed E-state index contributed by atoms with van der Waals surface area (Å²) in [5, 5.41) is 11.2. The maximum atomic E-state index is 12.8. The Morgan fingerprint density at radius 2 is 1.84 bits per heavy atom. The highest BCUT2D eigenvalue weighted by Crippen LogP contribution is 2.50. The van der Waals surface area contributed by atoms with E-state index >= 15 is 0 Å². The highest BCUT2D eigenvalue weighted by molar-refractivity contribution is 6.09. The van der Waals surface area contributed by atoms with Gasteiger partial charge in [-0.05, 0) is 43.2 Å². The van der Waals surface area contributed by atoms with Crippen LogP contribution in [0.2, 0.25) is 0 Å². The van der Waals surface area contributed by atoms with Crippen molar-refractivity contribution in [3.63, 3.8) is 0 Å². The number of benzene rings is 3. The minimum atomic E-state index is -0.644. The Kier molecular flexibility index (Phi) is 6.63. The van der Waals surface area contributed by atoms with Crippen LogP contribution >= 0.6 is 0 Å².